The molecule has 0 radical (unpaired) electrons. The second-order valence-electron chi connectivity index (χ2n) is 7.69. The number of nitrogens with one attached hydrogen (secondary N) is 1. The van der Waals surface area contributed by atoms with Gasteiger partial charge in [-0.1, -0.05) is 23.5 Å². The quantitative estimate of drug-likeness (QED) is 0.407. The summed E-state index contributed by atoms with van der Waals surface area (Å²) < 4.78 is 41.6. The molecule has 0 saturated carbocycles. The monoisotopic (exact) mass is 499 g/mol. The standard InChI is InChI=1S/C24H22FN3O4S2/c1-3-27-21-13-10-19(14-22(21)33-24(27)30)26-23(29)17-6-11-20(12-7-17)28(34(2,31)32)15-16-4-8-18(25)9-5-16/h4-14H,3,15H2,1-2H3,(H,26,29). The van der Waals surface area contributed by atoms with Crippen molar-refractivity contribution in [2.75, 3.05) is 15.9 Å². The first-order valence-corrected chi connectivity index (χ1v) is 13.1. The Morgan fingerprint density at radius 3 is 2.35 bits per heavy atom. The predicted molar refractivity (Wildman–Crippen MR) is 134 cm³/mol. The molecule has 4 rings (SSSR count). The number of carbonyl (C=O) groups excluding carboxylic acids is 1. The maximum Gasteiger partial charge on any atom is 0.308 e. The fourth-order valence-electron chi connectivity index (χ4n) is 3.58. The van der Waals surface area contributed by atoms with E-state index in [9.17, 15) is 22.4 Å². The molecule has 1 aromatic heterocycles. The molecule has 7 nitrogen and oxygen atoms in total. The van der Waals surface area contributed by atoms with E-state index in [0.29, 0.717) is 29.0 Å². The summed E-state index contributed by atoms with van der Waals surface area (Å²) in [4.78, 5) is 24.7. The van der Waals surface area contributed by atoms with Crippen molar-refractivity contribution in [3.8, 4) is 0 Å². The Morgan fingerprint density at radius 2 is 1.74 bits per heavy atom. The lowest BCUT2D eigenvalue weighted by Crippen LogP contribution is -2.29. The highest BCUT2D eigenvalue weighted by Gasteiger charge is 2.19. The first-order chi connectivity index (χ1) is 16.2. The molecule has 0 bridgehead atoms. The normalized spacial score (nSPS) is 11.5. The maximum atomic E-state index is 13.2. The van der Waals surface area contributed by atoms with E-state index in [2.05, 4.69) is 5.32 Å². The number of halogens is 1. The lowest BCUT2D eigenvalue weighted by atomic mass is 10.1. The number of fused-ring (bicyclic) bond motifs is 1. The van der Waals surface area contributed by atoms with E-state index in [1.54, 1.807) is 34.9 Å². The Hall–Kier alpha value is -3.50. The molecule has 176 valence electrons. The van der Waals surface area contributed by atoms with Gasteiger partial charge in [0.25, 0.3) is 5.91 Å². The van der Waals surface area contributed by atoms with Gasteiger partial charge >= 0.3 is 4.87 Å². The maximum absolute atomic E-state index is 13.2. The van der Waals surface area contributed by atoms with Crippen LogP contribution in [0.5, 0.6) is 0 Å². The Kier molecular flexibility index (Phi) is 6.54. The molecule has 0 aliphatic heterocycles. The summed E-state index contributed by atoms with van der Waals surface area (Å²) in [6.45, 7) is 2.50. The minimum absolute atomic E-state index is 0.0327. The van der Waals surface area contributed by atoms with Gasteiger partial charge in [-0.15, -0.1) is 0 Å². The second kappa shape index (κ2) is 9.40. The number of aryl methyl sites for hydroxylation is 1. The van der Waals surface area contributed by atoms with E-state index < -0.39 is 15.8 Å². The van der Waals surface area contributed by atoms with Gasteiger partial charge < -0.3 is 5.32 Å². The molecular formula is C24H22FN3O4S2. The van der Waals surface area contributed by atoms with Gasteiger partial charge in [0.2, 0.25) is 10.0 Å². The van der Waals surface area contributed by atoms with Crippen LogP contribution < -0.4 is 14.5 Å². The largest absolute Gasteiger partial charge is 0.322 e. The summed E-state index contributed by atoms with van der Waals surface area (Å²) in [5.74, 6) is -0.765. The Bertz CT molecular complexity index is 1510. The van der Waals surface area contributed by atoms with Gasteiger partial charge in [0.05, 0.1) is 28.7 Å². The third-order valence-corrected chi connectivity index (χ3v) is 7.38. The smallest absolute Gasteiger partial charge is 0.308 e. The number of hydrogen-bond donors (Lipinski definition) is 1. The zero-order valence-corrected chi connectivity index (χ0v) is 20.1. The number of rotatable bonds is 7. The summed E-state index contributed by atoms with van der Waals surface area (Å²) in [5, 5.41) is 2.81. The molecule has 0 fully saturated rings. The van der Waals surface area contributed by atoms with Crippen LogP contribution in [-0.4, -0.2) is 25.1 Å². The zero-order chi connectivity index (χ0) is 24.5. The predicted octanol–water partition coefficient (Wildman–Crippen LogP) is 4.44. The molecule has 0 unspecified atom stereocenters. The topological polar surface area (TPSA) is 88.5 Å². The minimum Gasteiger partial charge on any atom is -0.322 e. The SMILES string of the molecule is CCn1c(=O)sc2cc(NC(=O)c3ccc(N(Cc4ccc(F)cc4)S(C)(=O)=O)cc3)ccc21. The molecule has 0 atom stereocenters. The first kappa shape index (κ1) is 23.7. The van der Waals surface area contributed by atoms with E-state index in [-0.39, 0.29) is 17.3 Å². The van der Waals surface area contributed by atoms with Gasteiger partial charge in [-0.05, 0) is 67.1 Å². The van der Waals surface area contributed by atoms with Crippen LogP contribution in [0.1, 0.15) is 22.8 Å². The van der Waals surface area contributed by atoms with Crippen LogP contribution >= 0.6 is 11.3 Å². The van der Waals surface area contributed by atoms with Crippen LogP contribution in [0.4, 0.5) is 15.8 Å². The van der Waals surface area contributed by atoms with Crippen LogP contribution in [0.3, 0.4) is 0 Å². The van der Waals surface area contributed by atoms with E-state index in [1.165, 1.54) is 40.7 Å². The Labute approximate surface area is 200 Å². The van der Waals surface area contributed by atoms with Crippen molar-refractivity contribution in [3.05, 3.63) is 93.3 Å². The Morgan fingerprint density at radius 1 is 1.06 bits per heavy atom. The molecule has 1 amide bonds. The number of amides is 1. The molecular weight excluding hydrogens is 477 g/mol. The number of benzene rings is 3. The number of anilines is 2. The molecule has 34 heavy (non-hydrogen) atoms. The molecule has 4 aromatic rings. The highest BCUT2D eigenvalue weighted by atomic mass is 32.2. The molecule has 3 aromatic carbocycles. The minimum atomic E-state index is -3.62. The van der Waals surface area contributed by atoms with Gasteiger partial charge in [0.15, 0.2) is 0 Å². The lowest BCUT2D eigenvalue weighted by molar-refractivity contribution is 0.102. The van der Waals surface area contributed by atoms with Gasteiger partial charge in [-0.25, -0.2) is 12.8 Å². The van der Waals surface area contributed by atoms with Crippen LogP contribution in [-0.2, 0) is 23.1 Å². The van der Waals surface area contributed by atoms with Gasteiger partial charge in [-0.3, -0.25) is 18.5 Å². The molecule has 0 saturated heterocycles. The van der Waals surface area contributed by atoms with Gasteiger partial charge in [-0.2, -0.15) is 0 Å². The van der Waals surface area contributed by atoms with Crippen molar-refractivity contribution in [3.63, 3.8) is 0 Å². The van der Waals surface area contributed by atoms with Crippen molar-refractivity contribution in [1.82, 2.24) is 4.57 Å². The van der Waals surface area contributed by atoms with Crippen molar-refractivity contribution in [2.24, 2.45) is 0 Å². The number of thiazole rings is 1. The molecule has 0 aliphatic carbocycles. The van der Waals surface area contributed by atoms with E-state index in [1.807, 2.05) is 6.92 Å². The van der Waals surface area contributed by atoms with Crippen molar-refractivity contribution >= 4 is 48.9 Å². The van der Waals surface area contributed by atoms with Crippen molar-refractivity contribution in [1.29, 1.82) is 0 Å². The second-order valence-corrected chi connectivity index (χ2v) is 10.6. The molecule has 0 spiro atoms. The fraction of sp³-hybridized carbons (Fsp3) is 0.167. The summed E-state index contributed by atoms with van der Waals surface area (Å²) in [6, 6.07) is 17.1. The van der Waals surface area contributed by atoms with E-state index in [4.69, 9.17) is 0 Å². The molecule has 1 N–H and O–H groups in total. The number of hydrogen-bond acceptors (Lipinski definition) is 5. The molecule has 1 heterocycles. The highest BCUT2D eigenvalue weighted by molar-refractivity contribution is 7.92. The van der Waals surface area contributed by atoms with Crippen LogP contribution in [0.25, 0.3) is 10.2 Å². The molecule has 10 heteroatoms. The van der Waals surface area contributed by atoms with Crippen molar-refractivity contribution in [2.45, 2.75) is 20.0 Å². The third kappa shape index (κ3) is 5.02. The van der Waals surface area contributed by atoms with Crippen LogP contribution in [0.2, 0.25) is 0 Å². The number of carbonyl (C=O) groups is 1. The number of sulfonamides is 1. The summed E-state index contributed by atoms with van der Waals surface area (Å²) in [5.41, 5.74) is 2.74. The number of aromatic nitrogens is 1. The fourth-order valence-corrected chi connectivity index (χ4v) is 5.46. The Balaban J connectivity index is 1.53. The van der Waals surface area contributed by atoms with E-state index >= 15 is 0 Å². The first-order valence-electron chi connectivity index (χ1n) is 10.4. The third-order valence-electron chi connectivity index (χ3n) is 5.30. The van der Waals surface area contributed by atoms with E-state index in [0.717, 1.165) is 27.8 Å². The van der Waals surface area contributed by atoms with Gasteiger partial charge in [0.1, 0.15) is 5.82 Å². The zero-order valence-electron chi connectivity index (χ0n) is 18.5. The van der Waals surface area contributed by atoms with Crippen LogP contribution in [0.15, 0.2) is 71.5 Å². The molecule has 0 aliphatic rings. The summed E-state index contributed by atoms with van der Waals surface area (Å²) in [6.07, 6.45) is 1.09. The average molecular weight is 500 g/mol. The van der Waals surface area contributed by atoms with Crippen LogP contribution in [0, 0.1) is 5.82 Å². The average Bonchev–Trinajstić information content (AvgIpc) is 3.12. The summed E-state index contributed by atoms with van der Waals surface area (Å²) >= 11 is 1.12. The lowest BCUT2D eigenvalue weighted by Gasteiger charge is -2.22. The summed E-state index contributed by atoms with van der Waals surface area (Å²) in [7, 11) is -3.62. The number of nitrogens with zero attached hydrogens (tertiary/aromatic N) is 2. The highest BCUT2D eigenvalue weighted by Crippen LogP contribution is 2.24. The van der Waals surface area contributed by atoms with Gasteiger partial charge in [0, 0.05) is 17.8 Å². The van der Waals surface area contributed by atoms with Crippen molar-refractivity contribution < 1.29 is 17.6 Å².